The van der Waals surface area contributed by atoms with E-state index in [1.807, 2.05) is 30.3 Å². The smallest absolute Gasteiger partial charge is 0.258 e. The van der Waals surface area contributed by atoms with E-state index in [2.05, 4.69) is 9.97 Å². The van der Waals surface area contributed by atoms with Crippen LogP contribution in [0.4, 0.5) is 10.1 Å². The third-order valence-electron chi connectivity index (χ3n) is 3.16. The van der Waals surface area contributed by atoms with Crippen LogP contribution in [-0.2, 0) is 0 Å². The van der Waals surface area contributed by atoms with Crippen molar-refractivity contribution in [3.05, 3.63) is 76.9 Å². The average molecular weight is 295 g/mol. The lowest BCUT2D eigenvalue weighted by Crippen LogP contribution is -1.94. The number of hydrogen-bond donors (Lipinski definition) is 0. The monoisotopic (exact) mass is 295 g/mol. The number of aromatic nitrogens is 2. The fourth-order valence-electron chi connectivity index (χ4n) is 2.07. The molecule has 0 atom stereocenters. The predicted molar refractivity (Wildman–Crippen MR) is 79.5 cm³/mol. The molecule has 0 saturated carbocycles. The third-order valence-corrected chi connectivity index (χ3v) is 3.16. The van der Waals surface area contributed by atoms with E-state index < -0.39 is 10.7 Å². The lowest BCUT2D eigenvalue weighted by molar-refractivity contribution is -0.385. The van der Waals surface area contributed by atoms with Crippen molar-refractivity contribution in [2.24, 2.45) is 0 Å². The number of hydrogen-bond acceptors (Lipinski definition) is 4. The maximum atomic E-state index is 14.3. The highest BCUT2D eigenvalue weighted by atomic mass is 19.1. The molecule has 0 aliphatic carbocycles. The number of halogens is 1. The zero-order valence-electron chi connectivity index (χ0n) is 11.3. The summed E-state index contributed by atoms with van der Waals surface area (Å²) in [5, 5.41) is 10.6. The lowest BCUT2D eigenvalue weighted by atomic mass is 10.0. The van der Waals surface area contributed by atoms with Crippen molar-refractivity contribution in [2.45, 2.75) is 0 Å². The summed E-state index contributed by atoms with van der Waals surface area (Å²) in [7, 11) is 0. The first-order chi connectivity index (χ1) is 10.6. The maximum absolute atomic E-state index is 14.3. The Morgan fingerprint density at radius 3 is 2.23 bits per heavy atom. The topological polar surface area (TPSA) is 68.9 Å². The Morgan fingerprint density at radius 2 is 1.64 bits per heavy atom. The molecule has 0 fully saturated rings. The molecule has 22 heavy (non-hydrogen) atoms. The van der Waals surface area contributed by atoms with Crippen molar-refractivity contribution >= 4 is 5.69 Å². The van der Waals surface area contributed by atoms with E-state index in [0.29, 0.717) is 11.1 Å². The molecule has 3 aromatic rings. The predicted octanol–water partition coefficient (Wildman–Crippen LogP) is 3.86. The third kappa shape index (κ3) is 2.67. The van der Waals surface area contributed by atoms with Crippen LogP contribution in [0.1, 0.15) is 0 Å². The summed E-state index contributed by atoms with van der Waals surface area (Å²) in [6.07, 6.45) is 2.21. The Balaban J connectivity index is 1.96. The minimum absolute atomic E-state index is 0.204. The van der Waals surface area contributed by atoms with Crippen molar-refractivity contribution in [2.75, 3.05) is 0 Å². The van der Waals surface area contributed by atoms with Gasteiger partial charge in [0.05, 0.1) is 4.92 Å². The molecule has 0 bridgehead atoms. The fourth-order valence-corrected chi connectivity index (χ4v) is 2.07. The minimum Gasteiger partial charge on any atom is -0.258 e. The average Bonchev–Trinajstić information content (AvgIpc) is 2.55. The molecule has 0 saturated heterocycles. The Morgan fingerprint density at radius 1 is 0.955 bits per heavy atom. The second-order valence-corrected chi connectivity index (χ2v) is 4.58. The van der Waals surface area contributed by atoms with Gasteiger partial charge in [0.1, 0.15) is 18.2 Å². The van der Waals surface area contributed by atoms with Crippen LogP contribution in [0.25, 0.3) is 22.5 Å². The molecule has 5 nitrogen and oxygen atoms in total. The number of nitrogens with zero attached hydrogens (tertiary/aromatic N) is 3. The Labute approximate surface area is 125 Å². The van der Waals surface area contributed by atoms with Crippen molar-refractivity contribution in [3.63, 3.8) is 0 Å². The van der Waals surface area contributed by atoms with Crippen LogP contribution in [0.3, 0.4) is 0 Å². The van der Waals surface area contributed by atoms with Crippen LogP contribution in [0.2, 0.25) is 0 Å². The van der Waals surface area contributed by atoms with E-state index in [1.165, 1.54) is 6.07 Å². The van der Waals surface area contributed by atoms with Gasteiger partial charge in [-0.25, -0.2) is 14.4 Å². The van der Waals surface area contributed by atoms with E-state index in [1.54, 1.807) is 12.1 Å². The highest BCUT2D eigenvalue weighted by Crippen LogP contribution is 2.26. The van der Waals surface area contributed by atoms with E-state index in [9.17, 15) is 14.5 Å². The van der Waals surface area contributed by atoms with Gasteiger partial charge in [-0.2, -0.15) is 0 Å². The summed E-state index contributed by atoms with van der Waals surface area (Å²) in [4.78, 5) is 17.8. The molecule has 0 unspecified atom stereocenters. The van der Waals surface area contributed by atoms with Gasteiger partial charge in [-0.1, -0.05) is 42.5 Å². The number of rotatable bonds is 3. The van der Waals surface area contributed by atoms with Gasteiger partial charge in [-0.05, 0) is 11.6 Å². The first-order valence-corrected chi connectivity index (χ1v) is 6.47. The quantitative estimate of drug-likeness (QED) is 0.543. The van der Waals surface area contributed by atoms with Crippen LogP contribution >= 0.6 is 0 Å². The van der Waals surface area contributed by atoms with Crippen LogP contribution < -0.4 is 0 Å². The Bertz CT molecular complexity index is 821. The molecular weight excluding hydrogens is 285 g/mol. The summed E-state index contributed by atoms with van der Waals surface area (Å²) in [6, 6.07) is 13.8. The molecule has 0 amide bonds. The summed E-state index contributed by atoms with van der Waals surface area (Å²) in [6.45, 7) is 0. The molecule has 6 heteroatoms. The van der Waals surface area contributed by atoms with Gasteiger partial charge in [0.25, 0.3) is 0 Å². The standard InChI is InChI=1S/C16H10FN3O2/c17-15-8-12(16-18-9-13(10-19-16)20(21)22)6-7-14(15)11-4-2-1-3-5-11/h1-10H. The summed E-state index contributed by atoms with van der Waals surface area (Å²) in [5.74, 6) is -0.158. The van der Waals surface area contributed by atoms with Gasteiger partial charge in [-0.3, -0.25) is 10.1 Å². The number of benzene rings is 2. The Kier molecular flexibility index (Phi) is 3.57. The molecule has 0 radical (unpaired) electrons. The molecule has 0 spiro atoms. The number of nitro groups is 1. The van der Waals surface area contributed by atoms with Gasteiger partial charge < -0.3 is 0 Å². The molecular formula is C16H10FN3O2. The van der Waals surface area contributed by atoms with E-state index in [0.717, 1.165) is 18.0 Å². The fraction of sp³-hybridized carbons (Fsp3) is 0. The zero-order chi connectivity index (χ0) is 15.5. The van der Waals surface area contributed by atoms with Gasteiger partial charge in [0.15, 0.2) is 5.82 Å². The molecule has 3 rings (SSSR count). The molecule has 2 aromatic carbocycles. The van der Waals surface area contributed by atoms with Crippen LogP contribution in [0.15, 0.2) is 60.9 Å². The maximum Gasteiger partial charge on any atom is 0.305 e. The molecule has 0 aliphatic rings. The molecule has 0 aliphatic heterocycles. The van der Waals surface area contributed by atoms with Crippen molar-refractivity contribution < 1.29 is 9.31 Å². The van der Waals surface area contributed by atoms with Crippen molar-refractivity contribution in [1.82, 2.24) is 9.97 Å². The van der Waals surface area contributed by atoms with Crippen molar-refractivity contribution in [3.8, 4) is 22.5 Å². The summed E-state index contributed by atoms with van der Waals surface area (Å²) < 4.78 is 14.3. The molecule has 0 N–H and O–H groups in total. The normalized spacial score (nSPS) is 10.4. The van der Waals surface area contributed by atoms with E-state index >= 15 is 0 Å². The second-order valence-electron chi connectivity index (χ2n) is 4.58. The molecule has 108 valence electrons. The molecule has 1 aromatic heterocycles. The lowest BCUT2D eigenvalue weighted by Gasteiger charge is -2.05. The first kappa shape index (κ1) is 13.8. The summed E-state index contributed by atoms with van der Waals surface area (Å²) >= 11 is 0. The SMILES string of the molecule is O=[N+]([O-])c1cnc(-c2ccc(-c3ccccc3)c(F)c2)nc1. The van der Waals surface area contributed by atoms with Crippen molar-refractivity contribution in [1.29, 1.82) is 0 Å². The summed E-state index contributed by atoms with van der Waals surface area (Å²) in [5.41, 5.74) is 1.51. The zero-order valence-corrected chi connectivity index (χ0v) is 11.3. The van der Waals surface area contributed by atoms with Crippen LogP contribution in [0, 0.1) is 15.9 Å². The highest BCUT2D eigenvalue weighted by molar-refractivity contribution is 5.68. The van der Waals surface area contributed by atoms with Gasteiger partial charge in [0.2, 0.25) is 0 Å². The highest BCUT2D eigenvalue weighted by Gasteiger charge is 2.11. The van der Waals surface area contributed by atoms with E-state index in [4.69, 9.17) is 0 Å². The minimum atomic E-state index is -0.580. The first-order valence-electron chi connectivity index (χ1n) is 6.47. The van der Waals surface area contributed by atoms with Gasteiger partial charge in [0, 0.05) is 11.1 Å². The van der Waals surface area contributed by atoms with Crippen LogP contribution in [-0.4, -0.2) is 14.9 Å². The second kappa shape index (κ2) is 5.69. The van der Waals surface area contributed by atoms with Gasteiger partial charge in [-0.15, -0.1) is 0 Å². The largest absolute Gasteiger partial charge is 0.305 e. The van der Waals surface area contributed by atoms with Crippen LogP contribution in [0.5, 0.6) is 0 Å². The Hall–Kier alpha value is -3.15. The van der Waals surface area contributed by atoms with E-state index in [-0.39, 0.29) is 11.5 Å². The molecule has 1 heterocycles. The van der Waals surface area contributed by atoms with Gasteiger partial charge >= 0.3 is 5.69 Å².